The number of nitrogens with zero attached hydrogens (tertiary/aromatic N) is 1. The van der Waals surface area contributed by atoms with Crippen LogP contribution in [0, 0.1) is 13.8 Å². The van der Waals surface area contributed by atoms with E-state index in [1.807, 2.05) is 6.92 Å². The number of hydrogen-bond donors (Lipinski definition) is 1. The summed E-state index contributed by atoms with van der Waals surface area (Å²) in [4.78, 5) is 25.4. The first-order valence-corrected chi connectivity index (χ1v) is 10.9. The quantitative estimate of drug-likeness (QED) is 0.315. The summed E-state index contributed by atoms with van der Waals surface area (Å²) in [6, 6.07) is 11.9. The molecule has 0 saturated heterocycles. The number of rotatable bonds is 5. The maximum Gasteiger partial charge on any atom is 0.379 e. The zero-order valence-corrected chi connectivity index (χ0v) is 19.3. The van der Waals surface area contributed by atoms with Crippen molar-refractivity contribution in [2.75, 3.05) is 7.11 Å². The number of benzene rings is 2. The number of carbonyl (C=O) groups excluding carboxylic acids is 2. The summed E-state index contributed by atoms with van der Waals surface area (Å²) in [5, 5.41) is 4.94. The molecule has 1 aliphatic carbocycles. The van der Waals surface area contributed by atoms with Crippen molar-refractivity contribution < 1.29 is 23.5 Å². The second-order valence-electron chi connectivity index (χ2n) is 7.71. The minimum atomic E-state index is -0.596. The number of ether oxygens (including phenoxy) is 2. The van der Waals surface area contributed by atoms with Gasteiger partial charge in [-0.2, -0.15) is 5.10 Å². The number of para-hydroxylation sites is 1. The Hall–Kier alpha value is -3.58. The predicted molar refractivity (Wildman–Crippen MR) is 125 cm³/mol. The summed E-state index contributed by atoms with van der Waals surface area (Å²) in [7, 11) is 1.51. The third-order valence-electron chi connectivity index (χ3n) is 5.50. The molecule has 3 aromatic rings. The zero-order chi connectivity index (χ0) is 23.5. The number of furan rings is 1. The molecular weight excluding hydrogens is 444 g/mol. The van der Waals surface area contributed by atoms with E-state index in [2.05, 4.69) is 10.5 Å². The standard InChI is InChI=1S/C25H23ClN2O5/c1-14-13-16(11-12-18(14)26)32-25(30)23-15(2)22-19(8-6-10-21(22)33-23)27-28-24(29)17-7-4-5-9-20(17)31-3/h4-5,7,9,11-13H,6,8,10H2,1-3H3,(H,28,29)/b27-19+. The van der Waals surface area contributed by atoms with E-state index in [4.69, 9.17) is 25.5 Å². The van der Waals surface area contributed by atoms with Crippen LogP contribution in [0.3, 0.4) is 0 Å². The van der Waals surface area contributed by atoms with Gasteiger partial charge in [0, 0.05) is 22.6 Å². The van der Waals surface area contributed by atoms with Crippen LogP contribution in [0.4, 0.5) is 0 Å². The van der Waals surface area contributed by atoms with Gasteiger partial charge in [-0.15, -0.1) is 0 Å². The van der Waals surface area contributed by atoms with Gasteiger partial charge in [-0.1, -0.05) is 23.7 Å². The van der Waals surface area contributed by atoms with Gasteiger partial charge in [0.25, 0.3) is 5.91 Å². The number of carbonyl (C=O) groups is 2. The lowest BCUT2D eigenvalue weighted by Gasteiger charge is -2.14. The molecule has 2 aromatic carbocycles. The van der Waals surface area contributed by atoms with E-state index >= 15 is 0 Å². The van der Waals surface area contributed by atoms with Gasteiger partial charge in [0.2, 0.25) is 5.76 Å². The Morgan fingerprint density at radius 2 is 1.91 bits per heavy atom. The average Bonchev–Trinajstić information content (AvgIpc) is 3.17. The first-order valence-electron chi connectivity index (χ1n) is 10.5. The van der Waals surface area contributed by atoms with Crippen LogP contribution in [-0.2, 0) is 6.42 Å². The Morgan fingerprint density at radius 3 is 2.67 bits per heavy atom. The van der Waals surface area contributed by atoms with Gasteiger partial charge in [0.1, 0.15) is 17.3 Å². The van der Waals surface area contributed by atoms with Crippen molar-refractivity contribution in [1.29, 1.82) is 0 Å². The molecule has 0 fully saturated rings. The Kier molecular flexibility index (Phi) is 6.51. The third kappa shape index (κ3) is 4.64. The smallest absolute Gasteiger partial charge is 0.379 e. The fraction of sp³-hybridized carbons (Fsp3) is 0.240. The van der Waals surface area contributed by atoms with Crippen molar-refractivity contribution in [3.8, 4) is 11.5 Å². The summed E-state index contributed by atoms with van der Waals surface area (Å²) in [5.41, 5.74) is 5.81. The number of halogens is 1. The van der Waals surface area contributed by atoms with Crippen molar-refractivity contribution in [1.82, 2.24) is 5.43 Å². The van der Waals surface area contributed by atoms with E-state index < -0.39 is 5.97 Å². The topological polar surface area (TPSA) is 90.1 Å². The number of nitrogens with one attached hydrogen (secondary N) is 1. The lowest BCUT2D eigenvalue weighted by atomic mass is 9.93. The van der Waals surface area contributed by atoms with Gasteiger partial charge in [0.15, 0.2) is 0 Å². The van der Waals surface area contributed by atoms with Crippen LogP contribution in [0.1, 0.15) is 56.2 Å². The maximum absolute atomic E-state index is 12.8. The number of aryl methyl sites for hydroxylation is 2. The third-order valence-corrected chi connectivity index (χ3v) is 5.92. The first kappa shape index (κ1) is 22.6. The lowest BCUT2D eigenvalue weighted by Crippen LogP contribution is -2.22. The Bertz CT molecular complexity index is 1260. The van der Waals surface area contributed by atoms with Crippen molar-refractivity contribution in [2.45, 2.75) is 33.1 Å². The molecule has 1 aliphatic rings. The Balaban J connectivity index is 1.57. The molecule has 0 saturated carbocycles. The lowest BCUT2D eigenvalue weighted by molar-refractivity contribution is 0.0698. The van der Waals surface area contributed by atoms with Gasteiger partial charge >= 0.3 is 5.97 Å². The number of fused-ring (bicyclic) bond motifs is 1. The minimum Gasteiger partial charge on any atom is -0.496 e. The Morgan fingerprint density at radius 1 is 1.12 bits per heavy atom. The molecule has 1 aromatic heterocycles. The highest BCUT2D eigenvalue weighted by Crippen LogP contribution is 2.31. The summed E-state index contributed by atoms with van der Waals surface area (Å²) < 4.78 is 16.6. The minimum absolute atomic E-state index is 0.123. The number of hydrazone groups is 1. The molecular formula is C25H23ClN2O5. The van der Waals surface area contributed by atoms with Crippen LogP contribution in [-0.4, -0.2) is 24.7 Å². The molecule has 0 bridgehead atoms. The van der Waals surface area contributed by atoms with Gasteiger partial charge in [-0.05, 0) is 62.6 Å². The highest BCUT2D eigenvalue weighted by atomic mass is 35.5. The highest BCUT2D eigenvalue weighted by molar-refractivity contribution is 6.31. The molecule has 170 valence electrons. The van der Waals surface area contributed by atoms with Gasteiger partial charge in [0.05, 0.1) is 18.4 Å². The number of hydrogen-bond acceptors (Lipinski definition) is 6. The van der Waals surface area contributed by atoms with Gasteiger partial charge in [-0.3, -0.25) is 4.79 Å². The van der Waals surface area contributed by atoms with E-state index in [0.29, 0.717) is 52.0 Å². The molecule has 8 heteroatoms. The van der Waals surface area contributed by atoms with Crippen molar-refractivity contribution >= 4 is 29.2 Å². The molecule has 33 heavy (non-hydrogen) atoms. The molecule has 1 heterocycles. The van der Waals surface area contributed by atoms with Crippen LogP contribution in [0.25, 0.3) is 0 Å². The molecule has 1 amide bonds. The van der Waals surface area contributed by atoms with Crippen LogP contribution in [0.15, 0.2) is 52.0 Å². The highest BCUT2D eigenvalue weighted by Gasteiger charge is 2.29. The molecule has 0 unspecified atom stereocenters. The predicted octanol–water partition coefficient (Wildman–Crippen LogP) is 5.25. The summed E-state index contributed by atoms with van der Waals surface area (Å²) >= 11 is 6.04. The van der Waals surface area contributed by atoms with Crippen LogP contribution in [0.2, 0.25) is 5.02 Å². The number of amides is 1. The van der Waals surface area contributed by atoms with Crippen molar-refractivity contribution in [3.63, 3.8) is 0 Å². The monoisotopic (exact) mass is 466 g/mol. The summed E-state index contributed by atoms with van der Waals surface area (Å²) in [5.74, 6) is 0.642. The van der Waals surface area contributed by atoms with E-state index in [1.54, 1.807) is 49.4 Å². The SMILES string of the molecule is COc1ccccc1C(=O)N/N=C1\CCCc2oc(C(=O)Oc3ccc(Cl)c(C)c3)c(C)c21. The number of esters is 1. The van der Waals surface area contributed by atoms with Crippen molar-refractivity contribution in [2.24, 2.45) is 5.10 Å². The van der Waals surface area contributed by atoms with E-state index in [1.165, 1.54) is 7.11 Å². The van der Waals surface area contributed by atoms with Crippen LogP contribution < -0.4 is 14.9 Å². The molecule has 0 spiro atoms. The van der Waals surface area contributed by atoms with E-state index in [0.717, 1.165) is 17.5 Å². The van der Waals surface area contributed by atoms with Gasteiger partial charge < -0.3 is 13.9 Å². The normalized spacial score (nSPS) is 14.0. The fourth-order valence-corrected chi connectivity index (χ4v) is 3.94. The average molecular weight is 467 g/mol. The fourth-order valence-electron chi connectivity index (χ4n) is 3.82. The molecule has 0 radical (unpaired) electrons. The second kappa shape index (κ2) is 9.50. The number of methoxy groups -OCH3 is 1. The second-order valence-corrected chi connectivity index (χ2v) is 8.12. The summed E-state index contributed by atoms with van der Waals surface area (Å²) in [6.07, 6.45) is 2.10. The molecule has 7 nitrogen and oxygen atoms in total. The summed E-state index contributed by atoms with van der Waals surface area (Å²) in [6.45, 7) is 3.62. The molecule has 1 N–H and O–H groups in total. The molecule has 0 aliphatic heterocycles. The van der Waals surface area contributed by atoms with Gasteiger partial charge in [-0.25, -0.2) is 10.2 Å². The first-order chi connectivity index (χ1) is 15.9. The zero-order valence-electron chi connectivity index (χ0n) is 18.5. The molecule has 0 atom stereocenters. The van der Waals surface area contributed by atoms with E-state index in [-0.39, 0.29) is 11.7 Å². The van der Waals surface area contributed by atoms with E-state index in [9.17, 15) is 9.59 Å². The Labute approximate surface area is 196 Å². The maximum atomic E-state index is 12.8. The van der Waals surface area contributed by atoms with Crippen molar-refractivity contribution in [3.05, 3.63) is 81.3 Å². The largest absolute Gasteiger partial charge is 0.496 e. The molecule has 4 rings (SSSR count). The van der Waals surface area contributed by atoms with Crippen LogP contribution in [0.5, 0.6) is 11.5 Å². The van der Waals surface area contributed by atoms with Crippen LogP contribution >= 0.6 is 11.6 Å².